The molecule has 0 bridgehead atoms. The van der Waals surface area contributed by atoms with Gasteiger partial charge >= 0.3 is 0 Å². The predicted octanol–water partition coefficient (Wildman–Crippen LogP) is 5.45. The molecule has 0 aliphatic heterocycles. The topological polar surface area (TPSA) is 42.2 Å². The van der Waals surface area contributed by atoms with Gasteiger partial charge in [0.15, 0.2) is 5.65 Å². The van der Waals surface area contributed by atoms with Gasteiger partial charge in [0.05, 0.1) is 6.20 Å². The molecule has 0 radical (unpaired) electrons. The van der Waals surface area contributed by atoms with Crippen LogP contribution in [0, 0.1) is 0 Å². The van der Waals surface area contributed by atoms with E-state index in [1.807, 2.05) is 60.8 Å². The highest BCUT2D eigenvalue weighted by Gasteiger charge is 2.09. The highest BCUT2D eigenvalue weighted by Crippen LogP contribution is 2.26. The van der Waals surface area contributed by atoms with Crippen LogP contribution in [0.3, 0.4) is 0 Å². The van der Waals surface area contributed by atoms with Crippen molar-refractivity contribution in [2.45, 2.75) is 0 Å². The van der Waals surface area contributed by atoms with Gasteiger partial charge in [0.1, 0.15) is 5.82 Å². The van der Waals surface area contributed by atoms with E-state index >= 15 is 0 Å². The summed E-state index contributed by atoms with van der Waals surface area (Å²) in [5, 5.41) is 8.98. The van der Waals surface area contributed by atoms with E-state index in [-0.39, 0.29) is 0 Å². The number of hydrogen-bond donors (Lipinski definition) is 1. The molecule has 0 aliphatic carbocycles. The molecule has 4 nitrogen and oxygen atoms in total. The molecule has 0 aliphatic rings. The molecule has 0 saturated heterocycles. The molecule has 0 fully saturated rings. The van der Waals surface area contributed by atoms with E-state index in [0.717, 1.165) is 28.3 Å². The number of anilines is 2. The summed E-state index contributed by atoms with van der Waals surface area (Å²) in [6, 6.07) is 17.0. The average molecular weight is 355 g/mol. The van der Waals surface area contributed by atoms with Crippen LogP contribution in [-0.4, -0.2) is 14.6 Å². The fourth-order valence-corrected chi connectivity index (χ4v) is 2.80. The Morgan fingerprint density at radius 3 is 2.54 bits per heavy atom. The summed E-state index contributed by atoms with van der Waals surface area (Å²) in [6.45, 7) is 0. The van der Waals surface area contributed by atoms with E-state index in [2.05, 4.69) is 15.4 Å². The van der Waals surface area contributed by atoms with Gasteiger partial charge in [-0.05, 0) is 42.0 Å². The molecule has 118 valence electrons. The molecule has 6 heteroatoms. The zero-order chi connectivity index (χ0) is 16.5. The largest absolute Gasteiger partial charge is 0.340 e. The Hall–Kier alpha value is -2.56. The van der Waals surface area contributed by atoms with Gasteiger partial charge in [-0.2, -0.15) is 5.10 Å². The second-order valence-electron chi connectivity index (χ2n) is 5.28. The Labute approximate surface area is 148 Å². The van der Waals surface area contributed by atoms with Crippen LogP contribution in [-0.2, 0) is 0 Å². The maximum absolute atomic E-state index is 6.02. The van der Waals surface area contributed by atoms with Crippen LogP contribution in [0.1, 0.15) is 0 Å². The van der Waals surface area contributed by atoms with Crippen molar-refractivity contribution < 1.29 is 0 Å². The van der Waals surface area contributed by atoms with Crippen molar-refractivity contribution in [3.63, 3.8) is 0 Å². The van der Waals surface area contributed by atoms with Gasteiger partial charge in [-0.15, -0.1) is 0 Å². The molecule has 4 rings (SSSR count). The fraction of sp³-hybridized carbons (Fsp3) is 0. The van der Waals surface area contributed by atoms with Gasteiger partial charge in [0.2, 0.25) is 0 Å². The molecule has 0 spiro atoms. The van der Waals surface area contributed by atoms with Crippen LogP contribution >= 0.6 is 23.2 Å². The minimum atomic E-state index is 0.673. The number of halogens is 2. The first kappa shape index (κ1) is 15.0. The second-order valence-corrected chi connectivity index (χ2v) is 6.15. The van der Waals surface area contributed by atoms with Crippen LogP contribution in [0.25, 0.3) is 16.8 Å². The molecular weight excluding hydrogens is 343 g/mol. The van der Waals surface area contributed by atoms with Gasteiger partial charge in [-0.3, -0.25) is 0 Å². The number of benzene rings is 2. The van der Waals surface area contributed by atoms with E-state index in [4.69, 9.17) is 23.2 Å². The summed E-state index contributed by atoms with van der Waals surface area (Å²) in [4.78, 5) is 4.67. The van der Waals surface area contributed by atoms with Crippen LogP contribution in [0.5, 0.6) is 0 Å². The number of rotatable bonds is 3. The van der Waals surface area contributed by atoms with Crippen LogP contribution in [0.15, 0.2) is 67.0 Å². The smallest absolute Gasteiger partial charge is 0.165 e. The third kappa shape index (κ3) is 2.94. The Bertz CT molecular complexity index is 1010. The molecule has 0 unspecified atom stereocenters. The van der Waals surface area contributed by atoms with Crippen molar-refractivity contribution in [3.8, 4) is 11.1 Å². The SMILES string of the molecule is Clc1ccc(-c2cnn3ccc(Nc4cccc(Cl)c4)nc23)cc1. The first-order valence-electron chi connectivity index (χ1n) is 7.32. The summed E-state index contributed by atoms with van der Waals surface area (Å²) >= 11 is 12.0. The minimum absolute atomic E-state index is 0.673. The lowest BCUT2D eigenvalue weighted by Crippen LogP contribution is -1.97. The van der Waals surface area contributed by atoms with Crippen molar-refractivity contribution >= 4 is 40.4 Å². The van der Waals surface area contributed by atoms with Crippen LogP contribution in [0.4, 0.5) is 11.5 Å². The van der Waals surface area contributed by atoms with Crippen molar-refractivity contribution in [3.05, 3.63) is 77.0 Å². The molecule has 0 saturated carbocycles. The van der Waals surface area contributed by atoms with E-state index < -0.39 is 0 Å². The van der Waals surface area contributed by atoms with Gasteiger partial charge in [0.25, 0.3) is 0 Å². The molecule has 2 heterocycles. The van der Waals surface area contributed by atoms with E-state index in [9.17, 15) is 0 Å². The maximum atomic E-state index is 6.02. The minimum Gasteiger partial charge on any atom is -0.340 e. The summed E-state index contributed by atoms with van der Waals surface area (Å²) in [6.07, 6.45) is 3.67. The van der Waals surface area contributed by atoms with Gasteiger partial charge in [-0.25, -0.2) is 9.50 Å². The van der Waals surface area contributed by atoms with Crippen LogP contribution in [0.2, 0.25) is 10.0 Å². The molecule has 0 amide bonds. The second kappa shape index (κ2) is 6.15. The van der Waals surface area contributed by atoms with Crippen molar-refractivity contribution in [1.29, 1.82) is 0 Å². The molecule has 1 N–H and O–H groups in total. The highest BCUT2D eigenvalue weighted by molar-refractivity contribution is 6.31. The first-order valence-corrected chi connectivity index (χ1v) is 8.07. The Balaban J connectivity index is 1.74. The molecule has 2 aromatic carbocycles. The summed E-state index contributed by atoms with van der Waals surface area (Å²) in [5.74, 6) is 0.723. The predicted molar refractivity (Wildman–Crippen MR) is 98.2 cm³/mol. The third-order valence-corrected chi connectivity index (χ3v) is 4.11. The number of nitrogens with one attached hydrogen (secondary N) is 1. The van der Waals surface area contributed by atoms with E-state index in [1.54, 1.807) is 10.7 Å². The quantitative estimate of drug-likeness (QED) is 0.532. The number of aromatic nitrogens is 3. The standard InChI is InChI=1S/C18H12Cl2N4/c19-13-6-4-12(5-7-13)16-11-21-24-9-8-17(23-18(16)24)22-15-3-1-2-14(20)10-15/h1-11H,(H,22,23). The summed E-state index contributed by atoms with van der Waals surface area (Å²) in [7, 11) is 0. The average Bonchev–Trinajstić information content (AvgIpc) is 2.99. The van der Waals surface area contributed by atoms with E-state index in [0.29, 0.717) is 10.0 Å². The Kier molecular flexibility index (Phi) is 3.84. The molecule has 24 heavy (non-hydrogen) atoms. The lowest BCUT2D eigenvalue weighted by atomic mass is 10.1. The lowest BCUT2D eigenvalue weighted by Gasteiger charge is -2.07. The van der Waals surface area contributed by atoms with Crippen molar-refractivity contribution in [1.82, 2.24) is 14.6 Å². The van der Waals surface area contributed by atoms with Crippen molar-refractivity contribution in [2.24, 2.45) is 0 Å². The van der Waals surface area contributed by atoms with Gasteiger partial charge in [0, 0.05) is 27.5 Å². The highest BCUT2D eigenvalue weighted by atomic mass is 35.5. The zero-order valence-electron chi connectivity index (χ0n) is 12.4. The number of fused-ring (bicyclic) bond motifs is 1. The molecular formula is C18H12Cl2N4. The monoisotopic (exact) mass is 354 g/mol. The summed E-state index contributed by atoms with van der Waals surface area (Å²) in [5.41, 5.74) is 3.61. The Morgan fingerprint density at radius 1 is 0.917 bits per heavy atom. The van der Waals surface area contributed by atoms with E-state index in [1.165, 1.54) is 0 Å². The maximum Gasteiger partial charge on any atom is 0.165 e. The van der Waals surface area contributed by atoms with Gasteiger partial charge in [-0.1, -0.05) is 41.4 Å². The number of nitrogens with zero attached hydrogens (tertiary/aromatic N) is 3. The zero-order valence-corrected chi connectivity index (χ0v) is 14.0. The molecule has 2 aromatic heterocycles. The fourth-order valence-electron chi connectivity index (χ4n) is 2.49. The third-order valence-electron chi connectivity index (χ3n) is 3.62. The molecule has 0 atom stereocenters. The van der Waals surface area contributed by atoms with Crippen LogP contribution < -0.4 is 5.32 Å². The summed E-state index contributed by atoms with van der Waals surface area (Å²) < 4.78 is 1.74. The first-order chi connectivity index (χ1) is 11.7. The number of hydrogen-bond acceptors (Lipinski definition) is 3. The lowest BCUT2D eigenvalue weighted by molar-refractivity contribution is 0.941. The van der Waals surface area contributed by atoms with Gasteiger partial charge < -0.3 is 5.32 Å². The molecule has 4 aromatic rings. The normalized spacial score (nSPS) is 10.9. The Morgan fingerprint density at radius 2 is 1.75 bits per heavy atom. The van der Waals surface area contributed by atoms with Crippen molar-refractivity contribution in [2.75, 3.05) is 5.32 Å².